The van der Waals surface area contributed by atoms with Crippen LogP contribution in [0.1, 0.15) is 0 Å². The van der Waals surface area contributed by atoms with E-state index in [1.807, 2.05) is 0 Å². The van der Waals surface area contributed by atoms with Crippen molar-refractivity contribution in [2.24, 2.45) is 0 Å². The number of amides is 1. The predicted molar refractivity (Wildman–Crippen MR) is 76.6 cm³/mol. The van der Waals surface area contributed by atoms with Crippen LogP contribution in [-0.4, -0.2) is 11.7 Å². The number of anilines is 2. The van der Waals surface area contributed by atoms with E-state index in [1.165, 1.54) is 6.07 Å². The van der Waals surface area contributed by atoms with Gasteiger partial charge in [-0.15, -0.1) is 11.8 Å². The summed E-state index contributed by atoms with van der Waals surface area (Å²) in [6.45, 7) is 0. The Kier molecular flexibility index (Phi) is 4.57. The van der Waals surface area contributed by atoms with Crippen molar-refractivity contribution in [2.45, 2.75) is 4.90 Å². The molecule has 6 heteroatoms. The number of nitrogens with one attached hydrogen (secondary N) is 1. The average molecular weight is 294 g/mol. The van der Waals surface area contributed by atoms with E-state index < -0.39 is 11.6 Å². The van der Waals surface area contributed by atoms with E-state index in [0.717, 1.165) is 23.9 Å². The van der Waals surface area contributed by atoms with Crippen molar-refractivity contribution in [3.8, 4) is 0 Å². The molecule has 2 aromatic carbocycles. The summed E-state index contributed by atoms with van der Waals surface area (Å²) in [6, 6.07) is 10.3. The van der Waals surface area contributed by atoms with Crippen LogP contribution in [0.25, 0.3) is 0 Å². The molecule has 1 amide bonds. The molecule has 0 unspecified atom stereocenters. The van der Waals surface area contributed by atoms with E-state index in [9.17, 15) is 13.6 Å². The summed E-state index contributed by atoms with van der Waals surface area (Å²) in [6.07, 6.45) is 0. The molecule has 20 heavy (non-hydrogen) atoms. The molecule has 0 aliphatic heterocycles. The van der Waals surface area contributed by atoms with Crippen molar-refractivity contribution in [1.82, 2.24) is 0 Å². The largest absolute Gasteiger partial charge is 0.399 e. The normalized spacial score (nSPS) is 10.3. The zero-order valence-corrected chi connectivity index (χ0v) is 11.2. The molecule has 0 saturated heterocycles. The van der Waals surface area contributed by atoms with Gasteiger partial charge in [-0.2, -0.15) is 0 Å². The third kappa shape index (κ3) is 3.96. The Morgan fingerprint density at radius 1 is 1.15 bits per heavy atom. The first-order valence-electron chi connectivity index (χ1n) is 5.78. The second-order valence-corrected chi connectivity index (χ2v) is 5.09. The number of nitrogens with two attached hydrogens (primary N) is 1. The van der Waals surface area contributed by atoms with Crippen LogP contribution in [-0.2, 0) is 4.79 Å². The number of benzene rings is 2. The SMILES string of the molecule is Nc1cccc(NC(=O)CSc2ccc(F)c(F)c2)c1. The first-order valence-corrected chi connectivity index (χ1v) is 6.76. The molecular formula is C14H12F2N2OS. The highest BCUT2D eigenvalue weighted by atomic mass is 32.2. The number of rotatable bonds is 4. The highest BCUT2D eigenvalue weighted by molar-refractivity contribution is 8.00. The molecule has 2 rings (SSSR count). The average Bonchev–Trinajstić information content (AvgIpc) is 2.40. The van der Waals surface area contributed by atoms with Crippen LogP contribution < -0.4 is 11.1 Å². The van der Waals surface area contributed by atoms with Crippen LogP contribution in [0.15, 0.2) is 47.4 Å². The molecule has 0 fully saturated rings. The van der Waals surface area contributed by atoms with Gasteiger partial charge in [-0.05, 0) is 36.4 Å². The van der Waals surface area contributed by atoms with Crippen molar-refractivity contribution in [3.05, 3.63) is 54.1 Å². The van der Waals surface area contributed by atoms with Gasteiger partial charge in [0.2, 0.25) is 5.91 Å². The van der Waals surface area contributed by atoms with E-state index in [0.29, 0.717) is 16.3 Å². The summed E-state index contributed by atoms with van der Waals surface area (Å²) >= 11 is 1.12. The first-order chi connectivity index (χ1) is 9.54. The highest BCUT2D eigenvalue weighted by Crippen LogP contribution is 2.21. The van der Waals surface area contributed by atoms with E-state index in [4.69, 9.17) is 5.73 Å². The summed E-state index contributed by atoms with van der Waals surface area (Å²) in [7, 11) is 0. The van der Waals surface area contributed by atoms with Crippen LogP contribution in [0.3, 0.4) is 0 Å². The van der Waals surface area contributed by atoms with Crippen LogP contribution >= 0.6 is 11.8 Å². The lowest BCUT2D eigenvalue weighted by molar-refractivity contribution is -0.113. The zero-order valence-electron chi connectivity index (χ0n) is 10.4. The minimum absolute atomic E-state index is 0.0971. The smallest absolute Gasteiger partial charge is 0.234 e. The molecule has 0 atom stereocenters. The van der Waals surface area contributed by atoms with Gasteiger partial charge in [0.05, 0.1) is 5.75 Å². The Bertz CT molecular complexity index is 634. The highest BCUT2D eigenvalue weighted by Gasteiger charge is 2.06. The molecular weight excluding hydrogens is 282 g/mol. The number of hydrogen-bond acceptors (Lipinski definition) is 3. The molecule has 0 aliphatic rings. The third-order valence-electron chi connectivity index (χ3n) is 2.43. The molecule has 0 heterocycles. The lowest BCUT2D eigenvalue weighted by atomic mass is 10.3. The van der Waals surface area contributed by atoms with E-state index in [2.05, 4.69) is 5.32 Å². The Morgan fingerprint density at radius 2 is 1.95 bits per heavy atom. The maximum atomic E-state index is 13.0. The molecule has 3 N–H and O–H groups in total. The second-order valence-electron chi connectivity index (χ2n) is 4.04. The standard InChI is InChI=1S/C14H12F2N2OS/c15-12-5-4-11(7-13(12)16)20-8-14(19)18-10-3-1-2-9(17)6-10/h1-7H,8,17H2,(H,18,19). The lowest BCUT2D eigenvalue weighted by Gasteiger charge is -2.06. The van der Waals surface area contributed by atoms with Gasteiger partial charge in [0.15, 0.2) is 11.6 Å². The van der Waals surface area contributed by atoms with Gasteiger partial charge >= 0.3 is 0 Å². The van der Waals surface area contributed by atoms with Crippen molar-refractivity contribution < 1.29 is 13.6 Å². The second kappa shape index (κ2) is 6.38. The Balaban J connectivity index is 1.90. The Hall–Kier alpha value is -2.08. The molecule has 0 bridgehead atoms. The van der Waals surface area contributed by atoms with E-state index in [1.54, 1.807) is 24.3 Å². The third-order valence-corrected chi connectivity index (χ3v) is 3.43. The molecule has 104 valence electrons. The van der Waals surface area contributed by atoms with Crippen LogP contribution in [0.5, 0.6) is 0 Å². The molecule has 0 aromatic heterocycles. The zero-order chi connectivity index (χ0) is 14.5. The number of carbonyl (C=O) groups is 1. The molecule has 0 radical (unpaired) electrons. The molecule has 2 aromatic rings. The van der Waals surface area contributed by atoms with Gasteiger partial charge in [0.25, 0.3) is 0 Å². The van der Waals surface area contributed by atoms with Gasteiger partial charge in [-0.25, -0.2) is 8.78 Å². The van der Waals surface area contributed by atoms with Gasteiger partial charge in [0.1, 0.15) is 0 Å². The number of thioether (sulfide) groups is 1. The van der Waals surface area contributed by atoms with Gasteiger partial charge in [0, 0.05) is 16.3 Å². The molecule has 0 aliphatic carbocycles. The van der Waals surface area contributed by atoms with Crippen molar-refractivity contribution in [3.63, 3.8) is 0 Å². The van der Waals surface area contributed by atoms with Crippen molar-refractivity contribution >= 4 is 29.0 Å². The summed E-state index contributed by atoms with van der Waals surface area (Å²) in [4.78, 5) is 12.2. The fourth-order valence-electron chi connectivity index (χ4n) is 1.53. The minimum atomic E-state index is -0.925. The van der Waals surface area contributed by atoms with Crippen LogP contribution in [0.4, 0.5) is 20.2 Å². The van der Waals surface area contributed by atoms with Gasteiger partial charge in [-0.3, -0.25) is 4.79 Å². The number of carbonyl (C=O) groups excluding carboxylic acids is 1. The van der Waals surface area contributed by atoms with Crippen molar-refractivity contribution in [1.29, 1.82) is 0 Å². The van der Waals surface area contributed by atoms with Crippen molar-refractivity contribution in [2.75, 3.05) is 16.8 Å². The Morgan fingerprint density at radius 3 is 2.65 bits per heavy atom. The minimum Gasteiger partial charge on any atom is -0.399 e. The number of hydrogen-bond donors (Lipinski definition) is 2. The molecule has 0 saturated carbocycles. The summed E-state index contributed by atoms with van der Waals surface area (Å²) in [5.74, 6) is -1.98. The first kappa shape index (κ1) is 14.3. The number of halogens is 2. The van der Waals surface area contributed by atoms with E-state index in [-0.39, 0.29) is 11.7 Å². The van der Waals surface area contributed by atoms with E-state index >= 15 is 0 Å². The summed E-state index contributed by atoms with van der Waals surface area (Å²) in [5, 5.41) is 2.67. The fourth-order valence-corrected chi connectivity index (χ4v) is 2.25. The quantitative estimate of drug-likeness (QED) is 0.672. The van der Waals surface area contributed by atoms with Crippen LogP contribution in [0.2, 0.25) is 0 Å². The number of nitrogen functional groups attached to an aromatic ring is 1. The maximum Gasteiger partial charge on any atom is 0.234 e. The monoisotopic (exact) mass is 294 g/mol. The maximum absolute atomic E-state index is 13.0. The molecule has 3 nitrogen and oxygen atoms in total. The molecule has 0 spiro atoms. The van der Waals surface area contributed by atoms with Gasteiger partial charge in [-0.1, -0.05) is 6.07 Å². The summed E-state index contributed by atoms with van der Waals surface area (Å²) < 4.78 is 25.7. The lowest BCUT2D eigenvalue weighted by Crippen LogP contribution is -2.14. The summed E-state index contributed by atoms with van der Waals surface area (Å²) in [5.41, 5.74) is 6.75. The predicted octanol–water partition coefficient (Wildman–Crippen LogP) is 3.28. The fraction of sp³-hybridized carbons (Fsp3) is 0.0714. The Labute approximate surface area is 119 Å². The van der Waals surface area contributed by atoms with Crippen LogP contribution in [0, 0.1) is 11.6 Å². The van der Waals surface area contributed by atoms with Gasteiger partial charge < -0.3 is 11.1 Å². The topological polar surface area (TPSA) is 55.1 Å².